The summed E-state index contributed by atoms with van der Waals surface area (Å²) in [6.07, 6.45) is 0. The second-order valence-corrected chi connectivity index (χ2v) is 5.33. The predicted octanol–water partition coefficient (Wildman–Crippen LogP) is 2.50. The van der Waals surface area contributed by atoms with Gasteiger partial charge in [0.15, 0.2) is 0 Å². The summed E-state index contributed by atoms with van der Waals surface area (Å²) in [5, 5.41) is 14.1. The van der Waals surface area contributed by atoms with Gasteiger partial charge in [0.05, 0.1) is 23.7 Å². The smallest absolute Gasteiger partial charge is 0.313 e. The summed E-state index contributed by atoms with van der Waals surface area (Å²) < 4.78 is 6.83. The Bertz CT molecular complexity index is 593. The number of benzene rings is 1. The van der Waals surface area contributed by atoms with Crippen molar-refractivity contribution < 1.29 is 14.6 Å². The lowest BCUT2D eigenvalue weighted by Crippen LogP contribution is -2.02. The second kappa shape index (κ2) is 6.58. The van der Waals surface area contributed by atoms with Crippen LogP contribution in [-0.2, 0) is 16.1 Å². The number of thioether (sulfide) groups is 1. The zero-order chi connectivity index (χ0) is 14.5. The van der Waals surface area contributed by atoms with E-state index < -0.39 is 5.97 Å². The van der Waals surface area contributed by atoms with Gasteiger partial charge in [-0.15, -0.1) is 0 Å². The fraction of sp³-hybridized carbons (Fsp3) is 0.286. The largest absolute Gasteiger partial charge is 0.481 e. The molecule has 0 aliphatic carbocycles. The minimum absolute atomic E-state index is 0.00395. The molecule has 0 aliphatic heterocycles. The predicted molar refractivity (Wildman–Crippen MR) is 77.4 cm³/mol. The second-order valence-electron chi connectivity index (χ2n) is 4.34. The van der Waals surface area contributed by atoms with Gasteiger partial charge in [-0.25, -0.2) is 4.68 Å². The third kappa shape index (κ3) is 3.61. The molecule has 2 rings (SSSR count). The number of nitrogens with zero attached hydrogens (tertiary/aromatic N) is 2. The molecule has 0 unspecified atom stereocenters. The van der Waals surface area contributed by atoms with E-state index in [2.05, 4.69) is 5.10 Å². The minimum Gasteiger partial charge on any atom is -0.481 e. The highest BCUT2D eigenvalue weighted by molar-refractivity contribution is 7.99. The molecule has 20 heavy (non-hydrogen) atoms. The van der Waals surface area contributed by atoms with E-state index in [0.717, 1.165) is 22.0 Å². The van der Waals surface area contributed by atoms with Gasteiger partial charge in [0.1, 0.15) is 5.03 Å². The number of carboxylic acids is 1. The first-order valence-corrected chi connectivity index (χ1v) is 7.08. The fourth-order valence-corrected chi connectivity index (χ4v) is 2.50. The van der Waals surface area contributed by atoms with E-state index in [4.69, 9.17) is 9.84 Å². The van der Waals surface area contributed by atoms with E-state index in [0.29, 0.717) is 6.61 Å². The van der Waals surface area contributed by atoms with Crippen molar-refractivity contribution >= 4 is 17.7 Å². The van der Waals surface area contributed by atoms with Crippen molar-refractivity contribution in [2.75, 3.05) is 12.9 Å². The van der Waals surface area contributed by atoms with E-state index in [9.17, 15) is 4.79 Å². The van der Waals surface area contributed by atoms with Crippen LogP contribution in [0.4, 0.5) is 0 Å². The van der Waals surface area contributed by atoms with Gasteiger partial charge in [-0.05, 0) is 25.1 Å². The van der Waals surface area contributed by atoms with E-state index in [-0.39, 0.29) is 5.75 Å². The van der Waals surface area contributed by atoms with Crippen LogP contribution in [-0.4, -0.2) is 33.7 Å². The molecule has 1 N–H and O–H groups in total. The molecule has 6 heteroatoms. The van der Waals surface area contributed by atoms with Crippen LogP contribution in [0, 0.1) is 6.92 Å². The Morgan fingerprint density at radius 3 is 2.70 bits per heavy atom. The molecule has 0 saturated carbocycles. The molecule has 0 saturated heterocycles. The number of aliphatic carboxylic acids is 1. The van der Waals surface area contributed by atoms with Crippen molar-refractivity contribution in [2.45, 2.75) is 18.6 Å². The number of methoxy groups -OCH3 is 1. The van der Waals surface area contributed by atoms with Crippen molar-refractivity contribution in [3.05, 3.63) is 41.6 Å². The molecule has 0 bridgehead atoms. The standard InChI is InChI=1S/C14H16N2O3S/c1-10-3-5-12(6-4-10)16-13(20-9-14(17)18)7-11(15-16)8-19-2/h3-7H,8-9H2,1-2H3,(H,17,18). The van der Waals surface area contributed by atoms with Crippen molar-refractivity contribution in [3.63, 3.8) is 0 Å². The van der Waals surface area contributed by atoms with Gasteiger partial charge >= 0.3 is 5.97 Å². The maximum Gasteiger partial charge on any atom is 0.313 e. The van der Waals surface area contributed by atoms with E-state index in [1.807, 2.05) is 37.3 Å². The molecule has 0 atom stereocenters. The molecular formula is C14H16N2O3S. The Balaban J connectivity index is 2.33. The summed E-state index contributed by atoms with van der Waals surface area (Å²) in [5.41, 5.74) is 2.85. The third-order valence-corrected chi connectivity index (χ3v) is 3.62. The zero-order valence-corrected chi connectivity index (χ0v) is 12.2. The van der Waals surface area contributed by atoms with Crippen molar-refractivity contribution in [3.8, 4) is 5.69 Å². The number of carbonyl (C=O) groups is 1. The Morgan fingerprint density at radius 2 is 2.10 bits per heavy atom. The number of aryl methyl sites for hydroxylation is 1. The highest BCUT2D eigenvalue weighted by Gasteiger charge is 2.11. The number of ether oxygens (including phenoxy) is 1. The van der Waals surface area contributed by atoms with Crippen LogP contribution in [0.15, 0.2) is 35.4 Å². The summed E-state index contributed by atoms with van der Waals surface area (Å²) in [5.74, 6) is -0.843. The molecule has 0 radical (unpaired) electrons. The topological polar surface area (TPSA) is 64.3 Å². The van der Waals surface area contributed by atoms with Crippen LogP contribution in [0.2, 0.25) is 0 Å². The normalized spacial score (nSPS) is 10.7. The van der Waals surface area contributed by atoms with Gasteiger partial charge in [0, 0.05) is 7.11 Å². The summed E-state index contributed by atoms with van der Waals surface area (Å²) in [6.45, 7) is 2.42. The van der Waals surface area contributed by atoms with Gasteiger partial charge < -0.3 is 9.84 Å². The van der Waals surface area contributed by atoms with Crippen LogP contribution >= 0.6 is 11.8 Å². The third-order valence-electron chi connectivity index (χ3n) is 2.64. The minimum atomic E-state index is -0.847. The number of rotatable bonds is 6. The number of aromatic nitrogens is 2. The highest BCUT2D eigenvalue weighted by Crippen LogP contribution is 2.23. The van der Waals surface area contributed by atoms with Gasteiger partial charge in [-0.1, -0.05) is 29.5 Å². The Labute approximate surface area is 121 Å². The summed E-state index contributed by atoms with van der Waals surface area (Å²) in [7, 11) is 1.61. The summed E-state index contributed by atoms with van der Waals surface area (Å²) >= 11 is 1.25. The first-order chi connectivity index (χ1) is 9.60. The van der Waals surface area contributed by atoms with Crippen LogP contribution < -0.4 is 0 Å². The van der Waals surface area contributed by atoms with Crippen LogP contribution in [0.3, 0.4) is 0 Å². The first kappa shape index (κ1) is 14.6. The Hall–Kier alpha value is -1.79. The maximum atomic E-state index is 10.7. The van der Waals surface area contributed by atoms with E-state index in [1.165, 1.54) is 11.8 Å². The molecule has 0 amide bonds. The molecule has 106 valence electrons. The molecule has 1 aromatic heterocycles. The monoisotopic (exact) mass is 292 g/mol. The lowest BCUT2D eigenvalue weighted by atomic mass is 10.2. The Kier molecular flexibility index (Phi) is 4.81. The maximum absolute atomic E-state index is 10.7. The van der Waals surface area contributed by atoms with Crippen LogP contribution in [0.1, 0.15) is 11.3 Å². The van der Waals surface area contributed by atoms with E-state index in [1.54, 1.807) is 11.8 Å². The molecule has 2 aromatic rings. The van der Waals surface area contributed by atoms with E-state index >= 15 is 0 Å². The molecule has 1 aromatic carbocycles. The lowest BCUT2D eigenvalue weighted by Gasteiger charge is -2.06. The van der Waals surface area contributed by atoms with Crippen molar-refractivity contribution in [1.82, 2.24) is 9.78 Å². The molecule has 5 nitrogen and oxygen atoms in total. The van der Waals surface area contributed by atoms with Gasteiger partial charge in [-0.2, -0.15) is 5.10 Å². The molecular weight excluding hydrogens is 276 g/mol. The number of hydrogen-bond donors (Lipinski definition) is 1. The molecule has 0 aliphatic rings. The fourth-order valence-electron chi connectivity index (χ4n) is 1.74. The SMILES string of the molecule is COCc1cc(SCC(=O)O)n(-c2ccc(C)cc2)n1. The first-order valence-electron chi connectivity index (χ1n) is 6.09. The molecule has 0 spiro atoms. The number of hydrogen-bond acceptors (Lipinski definition) is 4. The zero-order valence-electron chi connectivity index (χ0n) is 11.4. The number of carboxylic acid groups (broad SMARTS) is 1. The van der Waals surface area contributed by atoms with Crippen LogP contribution in [0.5, 0.6) is 0 Å². The lowest BCUT2D eigenvalue weighted by molar-refractivity contribution is -0.133. The summed E-state index contributed by atoms with van der Waals surface area (Å²) in [4.78, 5) is 10.7. The summed E-state index contributed by atoms with van der Waals surface area (Å²) in [6, 6.07) is 9.78. The van der Waals surface area contributed by atoms with Gasteiger partial charge in [-0.3, -0.25) is 4.79 Å². The molecule has 0 fully saturated rings. The highest BCUT2D eigenvalue weighted by atomic mass is 32.2. The Morgan fingerprint density at radius 1 is 1.40 bits per heavy atom. The van der Waals surface area contributed by atoms with Crippen molar-refractivity contribution in [1.29, 1.82) is 0 Å². The van der Waals surface area contributed by atoms with Gasteiger partial charge in [0.2, 0.25) is 0 Å². The molecule has 1 heterocycles. The average Bonchev–Trinajstić information content (AvgIpc) is 2.81. The average molecular weight is 292 g/mol. The quantitative estimate of drug-likeness (QED) is 0.829. The van der Waals surface area contributed by atoms with Crippen LogP contribution in [0.25, 0.3) is 5.69 Å². The van der Waals surface area contributed by atoms with Crippen molar-refractivity contribution in [2.24, 2.45) is 0 Å². The van der Waals surface area contributed by atoms with Gasteiger partial charge in [0.25, 0.3) is 0 Å².